The Kier molecular flexibility index (Phi) is 5.59. The fourth-order valence-corrected chi connectivity index (χ4v) is 3.43. The number of aromatic carboxylic acids is 1. The van der Waals surface area contributed by atoms with Crippen molar-refractivity contribution < 1.29 is 9.90 Å². The summed E-state index contributed by atoms with van der Waals surface area (Å²) in [4.78, 5) is 20.2. The Hall–Kier alpha value is -2.49. The van der Waals surface area contributed by atoms with Gasteiger partial charge in [-0.05, 0) is 81.2 Å². The lowest BCUT2D eigenvalue weighted by atomic mass is 9.99. The van der Waals surface area contributed by atoms with Crippen LogP contribution in [0, 0.1) is 6.92 Å². The minimum Gasteiger partial charge on any atom is -0.478 e. The fraction of sp³-hybridized carbons (Fsp3) is 0.381. The molecule has 0 bridgehead atoms. The molecule has 0 spiro atoms. The van der Waals surface area contributed by atoms with E-state index in [9.17, 15) is 4.79 Å². The summed E-state index contributed by atoms with van der Waals surface area (Å²) in [7, 11) is 0. The van der Waals surface area contributed by atoms with Crippen molar-refractivity contribution in [1.29, 1.82) is 0 Å². The fourth-order valence-electron chi connectivity index (χ4n) is 3.43. The number of aryl methyl sites for hydroxylation is 3. The zero-order valence-corrected chi connectivity index (χ0v) is 14.7. The predicted octanol–water partition coefficient (Wildman–Crippen LogP) is 4.62. The number of nitrogens with zero attached hydrogens (tertiary/aromatic N) is 2. The van der Waals surface area contributed by atoms with Gasteiger partial charge in [0, 0.05) is 23.3 Å². The van der Waals surface area contributed by atoms with E-state index in [0.29, 0.717) is 5.56 Å². The molecule has 2 aromatic rings. The van der Waals surface area contributed by atoms with Crippen LogP contribution in [0.15, 0.2) is 36.5 Å². The minimum atomic E-state index is -0.894. The number of rotatable bonds is 7. The lowest BCUT2D eigenvalue weighted by molar-refractivity contribution is 0.0696. The molecular formula is C21H24N2O2. The van der Waals surface area contributed by atoms with Crippen LogP contribution in [-0.2, 0) is 12.8 Å². The Labute approximate surface area is 148 Å². The zero-order chi connectivity index (χ0) is 17.6. The van der Waals surface area contributed by atoms with Gasteiger partial charge in [0.15, 0.2) is 0 Å². The van der Waals surface area contributed by atoms with Crippen molar-refractivity contribution in [2.75, 3.05) is 0 Å². The number of carboxylic acid groups (broad SMARTS) is 1. The molecule has 2 heterocycles. The molecule has 0 radical (unpaired) electrons. The molecule has 2 aromatic heterocycles. The van der Waals surface area contributed by atoms with E-state index in [4.69, 9.17) is 5.11 Å². The second kappa shape index (κ2) is 8.06. The van der Waals surface area contributed by atoms with Gasteiger partial charge < -0.3 is 5.11 Å². The SMILES string of the molecule is Cc1cc(C(=O)O)cc(CCCCc2ncccc2C2=CCCC2)n1. The van der Waals surface area contributed by atoms with Gasteiger partial charge in [-0.15, -0.1) is 0 Å². The van der Waals surface area contributed by atoms with Crippen LogP contribution in [0.2, 0.25) is 0 Å². The first kappa shape index (κ1) is 17.3. The third-order valence-electron chi connectivity index (χ3n) is 4.63. The van der Waals surface area contributed by atoms with E-state index in [1.165, 1.54) is 29.7 Å². The number of allylic oxidation sites excluding steroid dienone is 2. The van der Waals surface area contributed by atoms with E-state index in [2.05, 4.69) is 22.1 Å². The van der Waals surface area contributed by atoms with Crippen molar-refractivity contribution >= 4 is 11.5 Å². The smallest absolute Gasteiger partial charge is 0.335 e. The maximum Gasteiger partial charge on any atom is 0.335 e. The second-order valence-electron chi connectivity index (χ2n) is 6.62. The molecule has 0 atom stereocenters. The van der Waals surface area contributed by atoms with Crippen LogP contribution in [0.3, 0.4) is 0 Å². The topological polar surface area (TPSA) is 63.1 Å². The standard InChI is InChI=1S/C21H24N2O2/c1-15-13-17(21(24)25)14-18(23-15)9-4-5-11-20-19(10-6-12-22-20)16-7-2-3-8-16/h6-7,10,12-14H,2-5,8-9,11H2,1H3,(H,24,25). The number of pyridine rings is 2. The number of hydrogen-bond donors (Lipinski definition) is 1. The van der Waals surface area contributed by atoms with Gasteiger partial charge in [-0.1, -0.05) is 12.1 Å². The van der Waals surface area contributed by atoms with Crippen molar-refractivity contribution in [3.63, 3.8) is 0 Å². The maximum absolute atomic E-state index is 11.1. The summed E-state index contributed by atoms with van der Waals surface area (Å²) < 4.78 is 0. The van der Waals surface area contributed by atoms with Crippen LogP contribution in [0.5, 0.6) is 0 Å². The third-order valence-corrected chi connectivity index (χ3v) is 4.63. The van der Waals surface area contributed by atoms with Crippen molar-refractivity contribution in [2.24, 2.45) is 0 Å². The average Bonchev–Trinajstić information content (AvgIpc) is 3.13. The van der Waals surface area contributed by atoms with E-state index < -0.39 is 5.97 Å². The van der Waals surface area contributed by atoms with Gasteiger partial charge in [-0.3, -0.25) is 9.97 Å². The summed E-state index contributed by atoms with van der Waals surface area (Å²) in [6, 6.07) is 7.50. The molecule has 0 aliphatic heterocycles. The predicted molar refractivity (Wildman–Crippen MR) is 98.6 cm³/mol. The molecule has 25 heavy (non-hydrogen) atoms. The molecule has 0 unspecified atom stereocenters. The van der Waals surface area contributed by atoms with Crippen LogP contribution in [0.25, 0.3) is 5.57 Å². The first-order valence-electron chi connectivity index (χ1n) is 8.97. The summed E-state index contributed by atoms with van der Waals surface area (Å²) in [6.07, 6.45) is 11.5. The van der Waals surface area contributed by atoms with Gasteiger partial charge in [-0.2, -0.15) is 0 Å². The highest BCUT2D eigenvalue weighted by molar-refractivity contribution is 5.87. The monoisotopic (exact) mass is 336 g/mol. The van der Waals surface area contributed by atoms with Crippen molar-refractivity contribution in [1.82, 2.24) is 9.97 Å². The molecule has 0 fully saturated rings. The van der Waals surface area contributed by atoms with Crippen LogP contribution >= 0.6 is 0 Å². The Morgan fingerprint density at radius 3 is 2.84 bits per heavy atom. The van der Waals surface area contributed by atoms with E-state index in [1.54, 1.807) is 12.1 Å². The lowest BCUT2D eigenvalue weighted by Crippen LogP contribution is -2.02. The van der Waals surface area contributed by atoms with Crippen LogP contribution in [0.1, 0.15) is 65.1 Å². The van der Waals surface area contributed by atoms with Gasteiger partial charge in [-0.25, -0.2) is 4.79 Å². The minimum absolute atomic E-state index is 0.322. The highest BCUT2D eigenvalue weighted by Crippen LogP contribution is 2.29. The van der Waals surface area contributed by atoms with E-state index in [0.717, 1.165) is 43.5 Å². The lowest BCUT2D eigenvalue weighted by Gasteiger charge is -2.09. The Balaban J connectivity index is 1.58. The highest BCUT2D eigenvalue weighted by Gasteiger charge is 2.12. The van der Waals surface area contributed by atoms with E-state index in [-0.39, 0.29) is 0 Å². The third kappa shape index (κ3) is 4.53. The molecule has 1 aliphatic carbocycles. The van der Waals surface area contributed by atoms with Crippen LogP contribution in [-0.4, -0.2) is 21.0 Å². The molecule has 4 heteroatoms. The largest absolute Gasteiger partial charge is 0.478 e. The Morgan fingerprint density at radius 1 is 1.24 bits per heavy atom. The van der Waals surface area contributed by atoms with E-state index in [1.807, 2.05) is 19.2 Å². The number of aromatic nitrogens is 2. The van der Waals surface area contributed by atoms with Crippen LogP contribution in [0.4, 0.5) is 0 Å². The quantitative estimate of drug-likeness (QED) is 0.750. The van der Waals surface area contributed by atoms with Crippen molar-refractivity contribution in [3.8, 4) is 0 Å². The number of carbonyl (C=O) groups is 1. The van der Waals surface area contributed by atoms with Crippen molar-refractivity contribution in [2.45, 2.75) is 51.9 Å². The molecule has 0 saturated carbocycles. The van der Waals surface area contributed by atoms with Gasteiger partial charge >= 0.3 is 5.97 Å². The summed E-state index contributed by atoms with van der Waals surface area (Å²) in [6.45, 7) is 1.84. The summed E-state index contributed by atoms with van der Waals surface area (Å²) >= 11 is 0. The van der Waals surface area contributed by atoms with E-state index >= 15 is 0 Å². The molecule has 1 aliphatic rings. The summed E-state index contributed by atoms with van der Waals surface area (Å²) in [5.74, 6) is -0.894. The molecule has 4 nitrogen and oxygen atoms in total. The Morgan fingerprint density at radius 2 is 2.08 bits per heavy atom. The van der Waals surface area contributed by atoms with Crippen LogP contribution < -0.4 is 0 Å². The number of unbranched alkanes of at least 4 members (excludes halogenated alkanes) is 1. The van der Waals surface area contributed by atoms with Gasteiger partial charge in [0.05, 0.1) is 5.56 Å². The highest BCUT2D eigenvalue weighted by atomic mass is 16.4. The normalized spacial score (nSPS) is 13.7. The van der Waals surface area contributed by atoms with Gasteiger partial charge in [0.1, 0.15) is 0 Å². The Bertz CT molecular complexity index is 796. The molecule has 130 valence electrons. The molecule has 0 aromatic carbocycles. The number of hydrogen-bond acceptors (Lipinski definition) is 3. The zero-order valence-electron chi connectivity index (χ0n) is 14.7. The first-order chi connectivity index (χ1) is 12.1. The number of carboxylic acids is 1. The van der Waals surface area contributed by atoms with Gasteiger partial charge in [0.2, 0.25) is 0 Å². The molecule has 3 rings (SSSR count). The molecular weight excluding hydrogens is 312 g/mol. The first-order valence-corrected chi connectivity index (χ1v) is 8.97. The summed E-state index contributed by atoms with van der Waals surface area (Å²) in [5, 5.41) is 9.15. The average molecular weight is 336 g/mol. The molecule has 0 saturated heterocycles. The second-order valence-corrected chi connectivity index (χ2v) is 6.62. The van der Waals surface area contributed by atoms with Crippen molar-refractivity contribution in [3.05, 3.63) is 64.7 Å². The van der Waals surface area contributed by atoms with Gasteiger partial charge in [0.25, 0.3) is 0 Å². The molecule has 0 amide bonds. The molecule has 1 N–H and O–H groups in total. The summed E-state index contributed by atoms with van der Waals surface area (Å²) in [5.41, 5.74) is 5.87. The maximum atomic E-state index is 11.1.